The number of ether oxygens (including phenoxy) is 1. The van der Waals surface area contributed by atoms with Gasteiger partial charge in [-0.05, 0) is 49.5 Å². The van der Waals surface area contributed by atoms with Gasteiger partial charge in [0.25, 0.3) is 5.91 Å². The van der Waals surface area contributed by atoms with E-state index in [4.69, 9.17) is 27.9 Å². The summed E-state index contributed by atoms with van der Waals surface area (Å²) in [5.74, 6) is 0.290. The third kappa shape index (κ3) is 5.01. The van der Waals surface area contributed by atoms with Crippen molar-refractivity contribution in [1.82, 2.24) is 9.88 Å². The molecule has 5 nitrogen and oxygen atoms in total. The average Bonchev–Trinajstić information content (AvgIpc) is 3.13. The second kappa shape index (κ2) is 9.76. The van der Waals surface area contributed by atoms with Crippen LogP contribution < -0.4 is 9.64 Å². The van der Waals surface area contributed by atoms with Gasteiger partial charge in [0, 0.05) is 23.1 Å². The van der Waals surface area contributed by atoms with E-state index in [9.17, 15) is 4.79 Å². The van der Waals surface area contributed by atoms with Crippen molar-refractivity contribution in [3.8, 4) is 5.75 Å². The molecule has 0 aliphatic carbocycles. The number of aromatic nitrogens is 1. The number of anilines is 1. The van der Waals surface area contributed by atoms with E-state index in [-0.39, 0.29) is 5.91 Å². The molecule has 0 fully saturated rings. The Morgan fingerprint density at radius 3 is 2.45 bits per heavy atom. The number of benzene rings is 2. The zero-order chi connectivity index (χ0) is 21.0. The number of carbonyl (C=O) groups is 1. The van der Waals surface area contributed by atoms with Crippen molar-refractivity contribution < 1.29 is 9.53 Å². The molecule has 0 radical (unpaired) electrons. The highest BCUT2D eigenvalue weighted by molar-refractivity contribution is 7.22. The average molecular weight is 452 g/mol. The Morgan fingerprint density at radius 1 is 1.07 bits per heavy atom. The Bertz CT molecular complexity index is 1000. The number of fused-ring (bicyclic) bond motifs is 1. The van der Waals surface area contributed by atoms with E-state index < -0.39 is 0 Å². The third-order valence-corrected chi connectivity index (χ3v) is 6.25. The minimum atomic E-state index is -0.193. The van der Waals surface area contributed by atoms with Crippen molar-refractivity contribution in [1.29, 1.82) is 0 Å². The van der Waals surface area contributed by atoms with Crippen LogP contribution in [0.3, 0.4) is 0 Å². The van der Waals surface area contributed by atoms with E-state index in [1.54, 1.807) is 36.3 Å². The van der Waals surface area contributed by atoms with Crippen LogP contribution in [0.25, 0.3) is 10.2 Å². The first kappa shape index (κ1) is 21.8. The predicted molar refractivity (Wildman–Crippen MR) is 122 cm³/mol. The van der Waals surface area contributed by atoms with E-state index in [1.165, 1.54) is 11.3 Å². The fourth-order valence-electron chi connectivity index (χ4n) is 3.06. The molecule has 2 aromatic carbocycles. The first-order valence-corrected chi connectivity index (χ1v) is 11.0. The van der Waals surface area contributed by atoms with E-state index in [0.717, 1.165) is 29.9 Å². The number of amides is 1. The Balaban J connectivity index is 2.02. The molecule has 0 unspecified atom stereocenters. The first-order valence-electron chi connectivity index (χ1n) is 9.40. The highest BCUT2D eigenvalue weighted by Gasteiger charge is 2.25. The van der Waals surface area contributed by atoms with Gasteiger partial charge < -0.3 is 9.64 Å². The van der Waals surface area contributed by atoms with Crippen LogP contribution in [0.5, 0.6) is 5.75 Å². The van der Waals surface area contributed by atoms with Crippen LogP contribution in [-0.2, 0) is 0 Å². The molecule has 154 valence electrons. The summed E-state index contributed by atoms with van der Waals surface area (Å²) in [6.07, 6.45) is 0. The van der Waals surface area contributed by atoms with Crippen LogP contribution in [0.1, 0.15) is 24.2 Å². The van der Waals surface area contributed by atoms with Gasteiger partial charge in [0.1, 0.15) is 5.75 Å². The number of thiazole rings is 1. The summed E-state index contributed by atoms with van der Waals surface area (Å²) in [6, 6.07) is 10.6. The van der Waals surface area contributed by atoms with Crippen LogP contribution in [0, 0.1) is 0 Å². The van der Waals surface area contributed by atoms with Crippen molar-refractivity contribution >= 4 is 55.8 Å². The minimum Gasteiger partial charge on any atom is -0.496 e. The topological polar surface area (TPSA) is 45.7 Å². The molecule has 0 aliphatic heterocycles. The van der Waals surface area contributed by atoms with Gasteiger partial charge in [-0.1, -0.05) is 48.4 Å². The molecular formula is C21H23Cl2N3O2S. The van der Waals surface area contributed by atoms with Crippen LogP contribution >= 0.6 is 34.5 Å². The van der Waals surface area contributed by atoms with Crippen LogP contribution in [0.4, 0.5) is 5.13 Å². The second-order valence-corrected chi connectivity index (χ2v) is 8.32. The number of rotatable bonds is 8. The van der Waals surface area contributed by atoms with Crippen molar-refractivity contribution in [3.63, 3.8) is 0 Å². The van der Waals surface area contributed by atoms with Gasteiger partial charge in [-0.15, -0.1) is 0 Å². The van der Waals surface area contributed by atoms with Gasteiger partial charge in [-0.3, -0.25) is 9.69 Å². The lowest BCUT2D eigenvalue weighted by Gasteiger charge is -2.25. The fraction of sp³-hybridized carbons (Fsp3) is 0.333. The van der Waals surface area contributed by atoms with Gasteiger partial charge in [0.2, 0.25) is 0 Å². The van der Waals surface area contributed by atoms with Crippen molar-refractivity contribution in [3.05, 3.63) is 52.0 Å². The van der Waals surface area contributed by atoms with E-state index >= 15 is 0 Å². The van der Waals surface area contributed by atoms with Gasteiger partial charge in [0.15, 0.2) is 5.13 Å². The molecule has 3 rings (SSSR count). The number of carbonyl (C=O) groups excluding carboxylic acids is 1. The molecule has 1 heterocycles. The Hall–Kier alpha value is -1.86. The lowest BCUT2D eigenvalue weighted by atomic mass is 10.1. The summed E-state index contributed by atoms with van der Waals surface area (Å²) in [5, 5.41) is 1.75. The fourth-order valence-corrected chi connectivity index (χ4v) is 4.50. The van der Waals surface area contributed by atoms with Gasteiger partial charge >= 0.3 is 0 Å². The molecule has 1 amide bonds. The Kier molecular flexibility index (Phi) is 7.35. The maximum Gasteiger partial charge on any atom is 0.263 e. The molecule has 0 aliphatic rings. The molecule has 0 N–H and O–H groups in total. The van der Waals surface area contributed by atoms with Crippen molar-refractivity contribution in [2.24, 2.45) is 0 Å². The standard InChI is InChI=1S/C21H23Cl2N3O2S/c1-4-25(5-2)10-11-26(20(27)16-12-14(22)7-9-18(16)28-3)21-24-17-8-6-15(23)13-19(17)29-21/h6-9,12-13H,4-5,10-11H2,1-3H3. The summed E-state index contributed by atoms with van der Waals surface area (Å²) in [4.78, 5) is 22.2. The molecule has 3 aromatic rings. The van der Waals surface area contributed by atoms with Gasteiger partial charge in [0.05, 0.1) is 22.9 Å². The summed E-state index contributed by atoms with van der Waals surface area (Å²) in [7, 11) is 1.54. The van der Waals surface area contributed by atoms with E-state index in [1.807, 2.05) is 12.1 Å². The molecule has 8 heteroatoms. The zero-order valence-corrected chi connectivity index (χ0v) is 18.9. The Morgan fingerprint density at radius 2 is 1.76 bits per heavy atom. The smallest absolute Gasteiger partial charge is 0.263 e. The van der Waals surface area contributed by atoms with Crippen LogP contribution in [0.15, 0.2) is 36.4 Å². The maximum absolute atomic E-state index is 13.5. The number of likely N-dealkylation sites (N-methyl/N-ethyl adjacent to an activating group) is 1. The molecule has 0 spiro atoms. The van der Waals surface area contributed by atoms with Crippen molar-refractivity contribution in [2.45, 2.75) is 13.8 Å². The van der Waals surface area contributed by atoms with Crippen LogP contribution in [0.2, 0.25) is 10.0 Å². The largest absolute Gasteiger partial charge is 0.496 e. The number of methoxy groups -OCH3 is 1. The SMILES string of the molecule is CCN(CC)CCN(C(=O)c1cc(Cl)ccc1OC)c1nc2ccc(Cl)cc2s1. The predicted octanol–water partition coefficient (Wildman–Crippen LogP) is 5.60. The number of hydrogen-bond donors (Lipinski definition) is 0. The van der Waals surface area contributed by atoms with Gasteiger partial charge in [-0.25, -0.2) is 4.98 Å². The monoisotopic (exact) mass is 451 g/mol. The van der Waals surface area contributed by atoms with Crippen LogP contribution in [-0.4, -0.2) is 49.1 Å². The highest BCUT2D eigenvalue weighted by atomic mass is 35.5. The number of nitrogens with zero attached hydrogens (tertiary/aromatic N) is 3. The number of halogens is 2. The molecule has 0 atom stereocenters. The normalized spacial score (nSPS) is 11.2. The second-order valence-electron chi connectivity index (χ2n) is 6.44. The van der Waals surface area contributed by atoms with E-state index in [0.29, 0.717) is 33.0 Å². The molecule has 0 saturated carbocycles. The lowest BCUT2D eigenvalue weighted by Crippen LogP contribution is -2.39. The summed E-state index contributed by atoms with van der Waals surface area (Å²) in [6.45, 7) is 7.27. The molecular weight excluding hydrogens is 429 g/mol. The highest BCUT2D eigenvalue weighted by Crippen LogP contribution is 2.33. The molecule has 1 aromatic heterocycles. The number of hydrogen-bond acceptors (Lipinski definition) is 5. The lowest BCUT2D eigenvalue weighted by molar-refractivity contribution is 0.0981. The summed E-state index contributed by atoms with van der Waals surface area (Å²) in [5.41, 5.74) is 1.23. The van der Waals surface area contributed by atoms with E-state index in [2.05, 4.69) is 23.7 Å². The quantitative estimate of drug-likeness (QED) is 0.446. The zero-order valence-electron chi connectivity index (χ0n) is 16.6. The first-order chi connectivity index (χ1) is 14.0. The third-order valence-electron chi connectivity index (χ3n) is 4.74. The summed E-state index contributed by atoms with van der Waals surface area (Å²) < 4.78 is 6.34. The molecule has 29 heavy (non-hydrogen) atoms. The molecule has 0 saturated heterocycles. The Labute approximate surface area is 184 Å². The van der Waals surface area contributed by atoms with Crippen molar-refractivity contribution in [2.75, 3.05) is 38.2 Å². The molecule has 0 bridgehead atoms. The summed E-state index contributed by atoms with van der Waals surface area (Å²) >= 11 is 13.7. The van der Waals surface area contributed by atoms with Gasteiger partial charge in [-0.2, -0.15) is 0 Å². The maximum atomic E-state index is 13.5. The minimum absolute atomic E-state index is 0.193.